The molecule has 0 aliphatic heterocycles. The maximum atomic E-state index is 13.2. The summed E-state index contributed by atoms with van der Waals surface area (Å²) in [5.74, 6) is 4.75. The molecule has 0 spiro atoms. The maximum Gasteiger partial charge on any atom is 0.320 e. The lowest BCUT2D eigenvalue weighted by atomic mass is 10.2. The highest BCUT2D eigenvalue weighted by atomic mass is 19.3. The smallest absolute Gasteiger partial charge is 0.320 e. The number of aromatic nitrogens is 2. The molecule has 0 bridgehead atoms. The van der Waals surface area contributed by atoms with Gasteiger partial charge in [-0.2, -0.15) is 8.78 Å². The van der Waals surface area contributed by atoms with Crippen molar-refractivity contribution in [1.82, 2.24) is 9.55 Å². The number of amides is 1. The number of pyridine rings is 1. The molecular formula is C19H12F3N3O. The fraction of sp³-hybridized carbons (Fsp3) is 0.0526. The van der Waals surface area contributed by atoms with Crippen molar-refractivity contribution in [2.75, 3.05) is 5.32 Å². The fourth-order valence-corrected chi connectivity index (χ4v) is 2.31. The van der Waals surface area contributed by atoms with Crippen molar-refractivity contribution in [2.45, 2.75) is 6.55 Å². The zero-order valence-corrected chi connectivity index (χ0v) is 13.3. The number of anilines is 1. The Morgan fingerprint density at radius 2 is 2.00 bits per heavy atom. The van der Waals surface area contributed by atoms with E-state index in [1.807, 2.05) is 0 Å². The van der Waals surface area contributed by atoms with Crippen molar-refractivity contribution in [2.24, 2.45) is 0 Å². The van der Waals surface area contributed by atoms with Crippen LogP contribution in [0.25, 0.3) is 11.0 Å². The molecule has 0 fully saturated rings. The molecule has 0 atom stereocenters. The van der Waals surface area contributed by atoms with Crippen molar-refractivity contribution in [3.63, 3.8) is 0 Å². The molecule has 2 heterocycles. The van der Waals surface area contributed by atoms with E-state index in [1.165, 1.54) is 42.7 Å². The lowest BCUT2D eigenvalue weighted by Gasteiger charge is -2.04. The summed E-state index contributed by atoms with van der Waals surface area (Å²) in [5, 5.41) is 2.89. The Labute approximate surface area is 147 Å². The Balaban J connectivity index is 2.08. The van der Waals surface area contributed by atoms with Gasteiger partial charge in [0.2, 0.25) is 5.91 Å². The van der Waals surface area contributed by atoms with E-state index in [0.29, 0.717) is 26.8 Å². The van der Waals surface area contributed by atoms with E-state index >= 15 is 0 Å². The first-order chi connectivity index (χ1) is 12.5. The summed E-state index contributed by atoms with van der Waals surface area (Å²) in [7, 11) is 0. The average molecular weight is 355 g/mol. The first-order valence-corrected chi connectivity index (χ1v) is 7.47. The van der Waals surface area contributed by atoms with Gasteiger partial charge in [0.1, 0.15) is 11.5 Å². The number of hydrogen-bond acceptors (Lipinski definition) is 2. The topological polar surface area (TPSA) is 46.9 Å². The van der Waals surface area contributed by atoms with Crippen LogP contribution in [0.15, 0.2) is 55.4 Å². The van der Waals surface area contributed by atoms with Crippen LogP contribution in [0, 0.1) is 17.7 Å². The number of rotatable bonds is 3. The molecule has 0 radical (unpaired) electrons. The molecule has 1 N–H and O–H groups in total. The minimum atomic E-state index is -2.79. The minimum Gasteiger partial charge on any atom is -0.321 e. The molecule has 0 aliphatic rings. The second-order valence-electron chi connectivity index (χ2n) is 5.27. The summed E-state index contributed by atoms with van der Waals surface area (Å²) in [6, 6.07) is 7.01. The van der Waals surface area contributed by atoms with E-state index in [1.54, 1.807) is 0 Å². The Bertz CT molecular complexity index is 1040. The molecule has 0 aliphatic carbocycles. The third kappa shape index (κ3) is 3.59. The number of alkyl halides is 2. The Morgan fingerprint density at radius 1 is 1.27 bits per heavy atom. The van der Waals surface area contributed by atoms with Crippen molar-refractivity contribution < 1.29 is 18.0 Å². The summed E-state index contributed by atoms with van der Waals surface area (Å²) >= 11 is 0. The molecule has 3 aromatic rings. The third-order valence-electron chi connectivity index (χ3n) is 3.52. The van der Waals surface area contributed by atoms with Gasteiger partial charge < -0.3 is 5.32 Å². The van der Waals surface area contributed by atoms with E-state index in [0.717, 1.165) is 6.08 Å². The standard InChI is InChI=1S/C19H12F3N3O/c1-2-17(26)24-15-9-16-13(6-3-12-4-7-14(20)8-5-12)11-25(19(21)22)18(16)23-10-15/h2,4-5,7-11,19H,1H2,(H,24,26). The number of nitrogens with zero attached hydrogens (tertiary/aromatic N) is 2. The minimum absolute atomic E-state index is 0.0417. The van der Waals surface area contributed by atoms with E-state index < -0.39 is 18.3 Å². The van der Waals surface area contributed by atoms with Crippen LogP contribution in [0.3, 0.4) is 0 Å². The number of hydrogen-bond donors (Lipinski definition) is 1. The van der Waals surface area contributed by atoms with Gasteiger partial charge in [-0.15, -0.1) is 0 Å². The molecular weight excluding hydrogens is 343 g/mol. The van der Waals surface area contributed by atoms with Gasteiger partial charge in [0.25, 0.3) is 0 Å². The molecule has 7 heteroatoms. The second kappa shape index (κ2) is 7.15. The normalized spacial score (nSPS) is 10.5. The number of carbonyl (C=O) groups excluding carboxylic acids is 1. The molecule has 3 rings (SSSR count). The summed E-state index contributed by atoms with van der Waals surface area (Å²) < 4.78 is 40.1. The highest BCUT2D eigenvalue weighted by Crippen LogP contribution is 2.26. The lowest BCUT2D eigenvalue weighted by Crippen LogP contribution is -2.07. The van der Waals surface area contributed by atoms with Crippen LogP contribution in [0.2, 0.25) is 0 Å². The molecule has 1 aromatic carbocycles. The predicted octanol–water partition coefficient (Wildman–Crippen LogP) is 4.09. The zero-order chi connectivity index (χ0) is 18.7. The van der Waals surface area contributed by atoms with Crippen LogP contribution in [-0.4, -0.2) is 15.5 Å². The largest absolute Gasteiger partial charge is 0.321 e. The van der Waals surface area contributed by atoms with Gasteiger partial charge in [-0.05, 0) is 36.4 Å². The van der Waals surface area contributed by atoms with Crippen LogP contribution in [0.4, 0.5) is 18.9 Å². The average Bonchev–Trinajstić information content (AvgIpc) is 2.99. The number of benzene rings is 1. The predicted molar refractivity (Wildman–Crippen MR) is 92.2 cm³/mol. The van der Waals surface area contributed by atoms with E-state index in [-0.39, 0.29) is 5.65 Å². The van der Waals surface area contributed by atoms with Crippen molar-refractivity contribution >= 4 is 22.6 Å². The first kappa shape index (κ1) is 17.3. The SMILES string of the molecule is C=CC(=O)Nc1cnc2c(c1)c(C#Cc1ccc(F)cc1)cn2C(F)F. The highest BCUT2D eigenvalue weighted by Gasteiger charge is 2.15. The van der Waals surface area contributed by atoms with Gasteiger partial charge in [0.15, 0.2) is 0 Å². The molecule has 4 nitrogen and oxygen atoms in total. The van der Waals surface area contributed by atoms with Crippen molar-refractivity contribution in [3.05, 3.63) is 72.3 Å². The van der Waals surface area contributed by atoms with Gasteiger partial charge in [-0.25, -0.2) is 9.37 Å². The molecule has 0 saturated heterocycles. The summed E-state index contributed by atoms with van der Waals surface area (Å²) in [6.07, 6.45) is 3.56. The van der Waals surface area contributed by atoms with Crippen molar-refractivity contribution in [3.8, 4) is 11.8 Å². The number of halogens is 3. The number of carbonyl (C=O) groups is 1. The van der Waals surface area contributed by atoms with Gasteiger partial charge in [0.05, 0.1) is 17.4 Å². The van der Waals surface area contributed by atoms with Crippen LogP contribution < -0.4 is 5.32 Å². The summed E-state index contributed by atoms with van der Waals surface area (Å²) in [6.45, 7) is 0.557. The van der Waals surface area contributed by atoms with Gasteiger partial charge in [0, 0.05) is 17.1 Å². The molecule has 0 unspecified atom stereocenters. The quantitative estimate of drug-likeness (QED) is 0.568. The van der Waals surface area contributed by atoms with Crippen LogP contribution in [-0.2, 0) is 4.79 Å². The first-order valence-electron chi connectivity index (χ1n) is 7.47. The fourth-order valence-electron chi connectivity index (χ4n) is 2.31. The molecule has 1 amide bonds. The maximum absolute atomic E-state index is 13.2. The van der Waals surface area contributed by atoms with Gasteiger partial charge in [-0.3, -0.25) is 9.36 Å². The van der Waals surface area contributed by atoms with E-state index in [9.17, 15) is 18.0 Å². The summed E-state index contributed by atoms with van der Waals surface area (Å²) in [5.41, 5.74) is 1.22. The van der Waals surface area contributed by atoms with Gasteiger partial charge >= 0.3 is 6.55 Å². The Morgan fingerprint density at radius 3 is 2.65 bits per heavy atom. The van der Waals surface area contributed by atoms with Crippen molar-refractivity contribution in [1.29, 1.82) is 0 Å². The molecule has 130 valence electrons. The monoisotopic (exact) mass is 355 g/mol. The van der Waals surface area contributed by atoms with E-state index in [2.05, 4.69) is 28.7 Å². The van der Waals surface area contributed by atoms with Crippen LogP contribution in [0.1, 0.15) is 17.7 Å². The molecule has 0 saturated carbocycles. The third-order valence-corrected chi connectivity index (χ3v) is 3.52. The summed E-state index contributed by atoms with van der Waals surface area (Å²) in [4.78, 5) is 15.4. The Kier molecular flexibility index (Phi) is 4.76. The number of fused-ring (bicyclic) bond motifs is 1. The van der Waals surface area contributed by atoms with Gasteiger partial charge in [-0.1, -0.05) is 18.4 Å². The number of nitrogens with one attached hydrogen (secondary N) is 1. The molecule has 2 aromatic heterocycles. The van der Waals surface area contributed by atoms with E-state index in [4.69, 9.17) is 0 Å². The Hall–Kier alpha value is -3.53. The highest BCUT2D eigenvalue weighted by molar-refractivity contribution is 6.00. The molecule has 26 heavy (non-hydrogen) atoms. The second-order valence-corrected chi connectivity index (χ2v) is 5.27. The zero-order valence-electron chi connectivity index (χ0n) is 13.3. The van der Waals surface area contributed by atoms with Crippen LogP contribution in [0.5, 0.6) is 0 Å². The lowest BCUT2D eigenvalue weighted by molar-refractivity contribution is -0.111. The van der Waals surface area contributed by atoms with Crippen LogP contribution >= 0.6 is 0 Å².